The number of nitrogens with one attached hydrogen (secondary N) is 2. The van der Waals surface area contributed by atoms with Gasteiger partial charge in [-0.05, 0) is 63.1 Å². The Morgan fingerprint density at radius 3 is 2.89 bits per heavy atom. The first-order valence-electron chi connectivity index (χ1n) is 12.4. The van der Waals surface area contributed by atoms with Crippen LogP contribution in [0.4, 0.5) is 8.78 Å². The summed E-state index contributed by atoms with van der Waals surface area (Å²) in [6.45, 7) is 2.31. The summed E-state index contributed by atoms with van der Waals surface area (Å²) in [5, 5.41) is 26.7. The molecule has 1 aromatic carbocycles. The molecule has 3 heterocycles. The van der Waals surface area contributed by atoms with E-state index in [0.717, 1.165) is 23.6 Å². The molecule has 0 radical (unpaired) electrons. The fourth-order valence-corrected chi connectivity index (χ4v) is 5.76. The molecule has 0 saturated carbocycles. The highest BCUT2D eigenvalue weighted by molar-refractivity contribution is 7.99. The van der Waals surface area contributed by atoms with Crippen LogP contribution in [0.2, 0.25) is 0 Å². The quantitative estimate of drug-likeness (QED) is 0.273. The van der Waals surface area contributed by atoms with Crippen molar-refractivity contribution in [2.24, 2.45) is 0 Å². The first-order chi connectivity index (χ1) is 17.6. The molecule has 204 valence electrons. The van der Waals surface area contributed by atoms with Gasteiger partial charge < -0.3 is 30.3 Å². The summed E-state index contributed by atoms with van der Waals surface area (Å²) in [5.74, 6) is -3.47. The highest BCUT2D eigenvalue weighted by Crippen LogP contribution is 2.49. The number of alkyl halides is 1. The van der Waals surface area contributed by atoms with Gasteiger partial charge >= 0.3 is 0 Å². The number of thioether (sulfide) groups is 1. The number of rotatable bonds is 9. The lowest BCUT2D eigenvalue weighted by Crippen LogP contribution is -2.62. The summed E-state index contributed by atoms with van der Waals surface area (Å²) in [6, 6.07) is 2.74. The molecule has 3 aliphatic rings. The van der Waals surface area contributed by atoms with E-state index in [2.05, 4.69) is 10.6 Å². The summed E-state index contributed by atoms with van der Waals surface area (Å²) >= 11 is 7.67. The average Bonchev–Trinajstić information content (AvgIpc) is 3.62. The number of aliphatic hydroxyl groups excluding tert-OH is 1. The minimum absolute atomic E-state index is 0.258. The van der Waals surface area contributed by atoms with E-state index in [-0.39, 0.29) is 5.91 Å². The van der Waals surface area contributed by atoms with Gasteiger partial charge in [0.15, 0.2) is 17.1 Å². The Balaban J connectivity index is 1.31. The standard InChI is InChI=1S/C26H33ClF2N2O5S/c1-14(27)20(22-21(32)23-26(34,36-23)25(35-22)37-2)31-24(33)19-10-8-15(11-12-30-19)5-3-4-6-16-7-9-17(28)18(29)13-16/h3,5,7-9,13-14,19-23,25,30,32,34H,4,6,10-12H2,1-2H3,(H,31,33)/b5-3+/t14-,19-,20+,21?,22+,23?,25?,26-/m0/s1. The zero-order valence-corrected chi connectivity index (χ0v) is 22.3. The zero-order chi connectivity index (χ0) is 26.7. The number of allylic oxidation sites excluding steroid dienone is 2. The van der Waals surface area contributed by atoms with E-state index >= 15 is 0 Å². The van der Waals surface area contributed by atoms with Gasteiger partial charge in [0, 0.05) is 0 Å². The van der Waals surface area contributed by atoms with Crippen molar-refractivity contribution in [2.45, 2.75) is 79.6 Å². The number of halogens is 3. The van der Waals surface area contributed by atoms with Crippen molar-refractivity contribution in [2.75, 3.05) is 12.8 Å². The van der Waals surface area contributed by atoms with E-state index in [4.69, 9.17) is 21.1 Å². The summed E-state index contributed by atoms with van der Waals surface area (Å²) in [4.78, 5) is 13.1. The number of carbonyl (C=O) groups is 1. The minimum atomic E-state index is -1.52. The molecule has 3 unspecified atom stereocenters. The zero-order valence-electron chi connectivity index (χ0n) is 20.7. The van der Waals surface area contributed by atoms with Gasteiger partial charge in [-0.15, -0.1) is 23.4 Å². The summed E-state index contributed by atoms with van der Waals surface area (Å²) in [7, 11) is 0. The lowest BCUT2D eigenvalue weighted by Gasteiger charge is -2.39. The first kappa shape index (κ1) is 28.5. The Hall–Kier alpha value is -1.53. The smallest absolute Gasteiger partial charge is 0.237 e. The molecule has 8 atom stereocenters. The van der Waals surface area contributed by atoms with Crippen LogP contribution in [0.5, 0.6) is 0 Å². The fourth-order valence-electron chi connectivity index (χ4n) is 4.79. The number of hydrogen-bond donors (Lipinski definition) is 4. The maximum atomic E-state index is 13.4. The Morgan fingerprint density at radius 2 is 2.19 bits per heavy atom. The number of amides is 1. The molecule has 1 aromatic rings. The van der Waals surface area contributed by atoms with Crippen LogP contribution >= 0.6 is 23.4 Å². The molecule has 4 rings (SSSR count). The highest BCUT2D eigenvalue weighted by atomic mass is 35.5. The average molecular weight is 559 g/mol. The Labute approximate surface area is 224 Å². The number of benzene rings is 1. The molecule has 37 heavy (non-hydrogen) atoms. The molecule has 4 N–H and O–H groups in total. The second kappa shape index (κ2) is 12.1. The van der Waals surface area contributed by atoms with Crippen LogP contribution in [0.3, 0.4) is 0 Å². The van der Waals surface area contributed by atoms with Crippen LogP contribution in [-0.4, -0.2) is 75.9 Å². The molecule has 1 amide bonds. The second-order valence-electron chi connectivity index (χ2n) is 9.62. The minimum Gasteiger partial charge on any atom is -0.387 e. The van der Waals surface area contributed by atoms with Crippen molar-refractivity contribution in [1.29, 1.82) is 0 Å². The maximum Gasteiger partial charge on any atom is 0.237 e. The van der Waals surface area contributed by atoms with Crippen LogP contribution in [0, 0.1) is 11.6 Å². The lowest BCUT2D eigenvalue weighted by atomic mass is 9.95. The monoisotopic (exact) mass is 558 g/mol. The van der Waals surface area contributed by atoms with E-state index in [1.54, 1.807) is 19.2 Å². The number of fused-ring (bicyclic) bond motifs is 1. The van der Waals surface area contributed by atoms with Crippen LogP contribution in [0.25, 0.3) is 0 Å². The molecular weight excluding hydrogens is 526 g/mol. The fraction of sp³-hybridized carbons (Fsp3) is 0.577. The van der Waals surface area contributed by atoms with Crippen molar-refractivity contribution in [1.82, 2.24) is 10.6 Å². The number of carbonyl (C=O) groups excluding carboxylic acids is 1. The molecule has 7 nitrogen and oxygen atoms in total. The van der Waals surface area contributed by atoms with Gasteiger partial charge in [-0.3, -0.25) is 4.79 Å². The molecule has 0 aromatic heterocycles. The van der Waals surface area contributed by atoms with Gasteiger partial charge in [-0.2, -0.15) is 0 Å². The number of aryl methyl sites for hydroxylation is 1. The van der Waals surface area contributed by atoms with Crippen molar-refractivity contribution in [3.63, 3.8) is 0 Å². The third-order valence-electron chi connectivity index (χ3n) is 6.96. The number of aliphatic hydroxyl groups is 2. The third-order valence-corrected chi connectivity index (χ3v) is 8.10. The van der Waals surface area contributed by atoms with Crippen LogP contribution in [-0.2, 0) is 20.7 Å². The van der Waals surface area contributed by atoms with Gasteiger partial charge in [0.2, 0.25) is 11.7 Å². The molecule has 2 fully saturated rings. The van der Waals surface area contributed by atoms with Crippen LogP contribution < -0.4 is 10.6 Å². The number of ether oxygens (including phenoxy) is 2. The summed E-state index contributed by atoms with van der Waals surface area (Å²) in [5.41, 5.74) is 1.11. The van der Waals surface area contributed by atoms with Crippen molar-refractivity contribution in [3.05, 3.63) is 59.2 Å². The predicted octanol–water partition coefficient (Wildman–Crippen LogP) is 2.78. The maximum absolute atomic E-state index is 13.4. The molecule has 2 saturated heterocycles. The van der Waals surface area contributed by atoms with E-state index in [1.165, 1.54) is 17.8 Å². The van der Waals surface area contributed by atoms with Gasteiger partial charge in [0.05, 0.1) is 17.5 Å². The molecule has 0 bridgehead atoms. The van der Waals surface area contributed by atoms with Gasteiger partial charge in [0.1, 0.15) is 18.3 Å². The van der Waals surface area contributed by atoms with Crippen molar-refractivity contribution >= 4 is 29.3 Å². The predicted molar refractivity (Wildman–Crippen MR) is 138 cm³/mol. The highest BCUT2D eigenvalue weighted by Gasteiger charge is 2.70. The molecular formula is C26H33ClF2N2O5S. The molecule has 0 aliphatic carbocycles. The van der Waals surface area contributed by atoms with E-state index in [0.29, 0.717) is 25.8 Å². The first-order valence-corrected chi connectivity index (χ1v) is 14.1. The van der Waals surface area contributed by atoms with Gasteiger partial charge in [-0.25, -0.2) is 8.78 Å². The Bertz CT molecular complexity index is 1040. The third kappa shape index (κ3) is 6.55. The summed E-state index contributed by atoms with van der Waals surface area (Å²) in [6.07, 6.45) is 7.47. The number of hydrogen-bond acceptors (Lipinski definition) is 7. The Kier molecular flexibility index (Phi) is 9.32. The van der Waals surface area contributed by atoms with Gasteiger partial charge in [-0.1, -0.05) is 29.9 Å². The molecule has 0 spiro atoms. The van der Waals surface area contributed by atoms with E-state index in [9.17, 15) is 23.8 Å². The molecule has 3 aliphatic heterocycles. The lowest BCUT2D eigenvalue weighted by molar-refractivity contribution is -0.150. The van der Waals surface area contributed by atoms with Gasteiger partial charge in [0.25, 0.3) is 0 Å². The Morgan fingerprint density at radius 1 is 1.41 bits per heavy atom. The summed E-state index contributed by atoms with van der Waals surface area (Å²) < 4.78 is 37.7. The SMILES string of the molecule is CSC1O[C@H]([C@H](NC(=O)[C@@H]2CC=C(/C=C/CCc3ccc(F)c(F)c3)CCN2)[C@H](C)Cl)C(O)C2O[C@]12O. The van der Waals surface area contributed by atoms with Crippen molar-refractivity contribution < 1.29 is 33.3 Å². The van der Waals surface area contributed by atoms with Crippen LogP contribution in [0.15, 0.2) is 42.0 Å². The normalized spacial score (nSPS) is 33.3. The largest absolute Gasteiger partial charge is 0.387 e. The van der Waals surface area contributed by atoms with Crippen molar-refractivity contribution in [3.8, 4) is 0 Å². The van der Waals surface area contributed by atoms with Crippen LogP contribution in [0.1, 0.15) is 31.7 Å². The topological polar surface area (TPSA) is 103 Å². The molecule has 11 heteroatoms. The van der Waals surface area contributed by atoms with E-state index in [1.807, 2.05) is 18.2 Å². The second-order valence-corrected chi connectivity index (χ2v) is 11.2. The van der Waals surface area contributed by atoms with E-state index < -0.39 is 58.6 Å². The number of epoxide rings is 1.